The van der Waals surface area contributed by atoms with Crippen molar-refractivity contribution in [3.8, 4) is 11.3 Å². The molecular formula is C12H10FNO4S. The van der Waals surface area contributed by atoms with Crippen molar-refractivity contribution in [2.45, 2.75) is 0 Å². The molecule has 1 heterocycles. The fourth-order valence-corrected chi connectivity index (χ4v) is 2.15. The van der Waals surface area contributed by atoms with Gasteiger partial charge in [-0.3, -0.25) is 9.52 Å². The summed E-state index contributed by atoms with van der Waals surface area (Å²) in [6.07, 6.45) is 1.49. The van der Waals surface area contributed by atoms with Crippen LogP contribution in [0, 0.1) is 5.82 Å². The van der Waals surface area contributed by atoms with Crippen LogP contribution in [0.5, 0.6) is 0 Å². The predicted molar refractivity (Wildman–Crippen MR) is 68.0 cm³/mol. The van der Waals surface area contributed by atoms with Gasteiger partial charge in [0.1, 0.15) is 11.6 Å². The minimum Gasteiger partial charge on any atom is -0.453 e. The normalized spacial score (nSPS) is 11.3. The van der Waals surface area contributed by atoms with Crippen molar-refractivity contribution in [2.75, 3.05) is 11.0 Å². The molecule has 0 radical (unpaired) electrons. The number of aldehydes is 1. The van der Waals surface area contributed by atoms with Crippen LogP contribution in [0.4, 0.5) is 10.1 Å². The second-order valence-corrected chi connectivity index (χ2v) is 5.63. The zero-order chi connectivity index (χ0) is 14.0. The summed E-state index contributed by atoms with van der Waals surface area (Å²) in [6.45, 7) is 0. The average Bonchev–Trinajstić information content (AvgIpc) is 2.78. The maximum absolute atomic E-state index is 13.3. The number of carbonyl (C=O) groups is 1. The lowest BCUT2D eigenvalue weighted by molar-refractivity contribution is 0.110. The number of carbonyl (C=O) groups excluding carboxylic acids is 1. The molecule has 19 heavy (non-hydrogen) atoms. The van der Waals surface area contributed by atoms with Gasteiger partial charge >= 0.3 is 0 Å². The molecule has 5 nitrogen and oxygen atoms in total. The van der Waals surface area contributed by atoms with E-state index in [0.29, 0.717) is 6.29 Å². The molecule has 2 rings (SSSR count). The second kappa shape index (κ2) is 4.85. The number of anilines is 1. The van der Waals surface area contributed by atoms with Gasteiger partial charge in [0.15, 0.2) is 12.0 Å². The largest absolute Gasteiger partial charge is 0.453 e. The van der Waals surface area contributed by atoms with Gasteiger partial charge in [0.05, 0.1) is 11.9 Å². The van der Waals surface area contributed by atoms with E-state index in [1.165, 1.54) is 18.2 Å². The smallest absolute Gasteiger partial charge is 0.229 e. The number of halogens is 1. The van der Waals surface area contributed by atoms with E-state index in [4.69, 9.17) is 4.42 Å². The van der Waals surface area contributed by atoms with Gasteiger partial charge in [-0.25, -0.2) is 12.8 Å². The first-order valence-electron chi connectivity index (χ1n) is 5.22. The Balaban J connectivity index is 2.53. The van der Waals surface area contributed by atoms with Gasteiger partial charge in [0.25, 0.3) is 0 Å². The van der Waals surface area contributed by atoms with Crippen molar-refractivity contribution in [1.29, 1.82) is 0 Å². The van der Waals surface area contributed by atoms with E-state index in [0.717, 1.165) is 18.4 Å². The van der Waals surface area contributed by atoms with Crippen LogP contribution >= 0.6 is 0 Å². The SMILES string of the molecule is CS(=O)(=O)Nc1ccc(F)cc1-c1ccc(C=O)o1. The Morgan fingerprint density at radius 1 is 1.26 bits per heavy atom. The van der Waals surface area contributed by atoms with Gasteiger partial charge in [-0.2, -0.15) is 0 Å². The molecule has 0 aliphatic rings. The highest BCUT2D eigenvalue weighted by Crippen LogP contribution is 2.30. The molecule has 0 unspecified atom stereocenters. The molecule has 0 saturated carbocycles. The van der Waals surface area contributed by atoms with Crippen molar-refractivity contribution in [3.05, 3.63) is 41.9 Å². The van der Waals surface area contributed by atoms with E-state index >= 15 is 0 Å². The fraction of sp³-hybridized carbons (Fsp3) is 0.0833. The molecule has 1 aromatic carbocycles. The summed E-state index contributed by atoms with van der Waals surface area (Å²) < 4.78 is 43.2. The Kier molecular flexibility index (Phi) is 3.39. The first-order valence-corrected chi connectivity index (χ1v) is 7.11. The molecule has 0 bridgehead atoms. The van der Waals surface area contributed by atoms with E-state index < -0.39 is 15.8 Å². The molecular weight excluding hydrogens is 273 g/mol. The first kappa shape index (κ1) is 13.3. The van der Waals surface area contributed by atoms with Crippen molar-refractivity contribution in [3.63, 3.8) is 0 Å². The molecule has 0 fully saturated rings. The fourth-order valence-electron chi connectivity index (χ4n) is 1.57. The van der Waals surface area contributed by atoms with Crippen molar-refractivity contribution >= 4 is 22.0 Å². The minimum absolute atomic E-state index is 0.0737. The topological polar surface area (TPSA) is 76.4 Å². The highest BCUT2D eigenvalue weighted by atomic mass is 32.2. The van der Waals surface area contributed by atoms with Gasteiger partial charge in [-0.05, 0) is 30.3 Å². The van der Waals surface area contributed by atoms with Gasteiger partial charge in [0, 0.05) is 5.56 Å². The maximum Gasteiger partial charge on any atom is 0.229 e. The Morgan fingerprint density at radius 2 is 2.00 bits per heavy atom. The number of hydrogen-bond acceptors (Lipinski definition) is 4. The monoisotopic (exact) mass is 283 g/mol. The highest BCUT2D eigenvalue weighted by molar-refractivity contribution is 7.92. The van der Waals surface area contributed by atoms with Crippen LogP contribution in [0.25, 0.3) is 11.3 Å². The number of furan rings is 1. The molecule has 1 aromatic heterocycles. The highest BCUT2D eigenvalue weighted by Gasteiger charge is 2.13. The number of benzene rings is 1. The molecule has 0 aliphatic carbocycles. The Hall–Kier alpha value is -2.15. The molecule has 100 valence electrons. The molecule has 7 heteroatoms. The summed E-state index contributed by atoms with van der Waals surface area (Å²) >= 11 is 0. The minimum atomic E-state index is -3.50. The molecule has 2 aromatic rings. The second-order valence-electron chi connectivity index (χ2n) is 3.88. The molecule has 0 aliphatic heterocycles. The third kappa shape index (κ3) is 3.19. The Labute approximate surface area is 109 Å². The summed E-state index contributed by atoms with van der Waals surface area (Å²) in [5, 5.41) is 0. The third-order valence-electron chi connectivity index (χ3n) is 2.29. The number of nitrogens with one attached hydrogen (secondary N) is 1. The average molecular weight is 283 g/mol. The lowest BCUT2D eigenvalue weighted by atomic mass is 10.1. The number of sulfonamides is 1. The van der Waals surface area contributed by atoms with Crippen LogP contribution in [0.2, 0.25) is 0 Å². The molecule has 0 saturated heterocycles. The Bertz CT molecular complexity index is 721. The van der Waals surface area contributed by atoms with Crippen molar-refractivity contribution < 1.29 is 22.0 Å². The molecule has 0 spiro atoms. The van der Waals surface area contributed by atoms with Crippen molar-refractivity contribution in [1.82, 2.24) is 0 Å². The van der Waals surface area contributed by atoms with Gasteiger partial charge in [-0.15, -0.1) is 0 Å². The maximum atomic E-state index is 13.3. The summed E-state index contributed by atoms with van der Waals surface area (Å²) in [6, 6.07) is 6.42. The van der Waals surface area contributed by atoms with Crippen molar-refractivity contribution in [2.24, 2.45) is 0 Å². The van der Waals surface area contributed by atoms with Crippen LogP contribution in [0.15, 0.2) is 34.7 Å². The standard InChI is InChI=1S/C12H10FNO4S/c1-19(16,17)14-11-4-2-8(13)6-10(11)12-5-3-9(7-15)18-12/h2-7,14H,1H3. The van der Waals surface area contributed by atoms with Gasteiger partial charge in [-0.1, -0.05) is 0 Å². The summed E-state index contributed by atoms with van der Waals surface area (Å²) in [4.78, 5) is 10.6. The lowest BCUT2D eigenvalue weighted by Gasteiger charge is -2.08. The number of rotatable bonds is 4. The Morgan fingerprint density at radius 3 is 2.58 bits per heavy atom. The van der Waals surface area contributed by atoms with Crippen LogP contribution in [0.3, 0.4) is 0 Å². The molecule has 0 atom stereocenters. The van der Waals surface area contributed by atoms with E-state index in [1.54, 1.807) is 0 Å². The van der Waals surface area contributed by atoms with E-state index in [9.17, 15) is 17.6 Å². The van der Waals surface area contributed by atoms with Crippen LogP contribution in [0.1, 0.15) is 10.6 Å². The molecule has 0 amide bonds. The predicted octanol–water partition coefficient (Wildman–Crippen LogP) is 2.27. The zero-order valence-corrected chi connectivity index (χ0v) is 10.7. The van der Waals surface area contributed by atoms with E-state index in [1.807, 2.05) is 0 Å². The van der Waals surface area contributed by atoms with Gasteiger partial charge < -0.3 is 4.42 Å². The summed E-state index contributed by atoms with van der Waals surface area (Å²) in [5.74, 6) is -0.268. The lowest BCUT2D eigenvalue weighted by Crippen LogP contribution is -2.10. The van der Waals surface area contributed by atoms with Crippen LogP contribution in [-0.2, 0) is 10.0 Å². The third-order valence-corrected chi connectivity index (χ3v) is 2.88. The van der Waals surface area contributed by atoms with Gasteiger partial charge in [0.2, 0.25) is 10.0 Å². The van der Waals surface area contributed by atoms with Crippen LogP contribution in [-0.4, -0.2) is 21.0 Å². The van der Waals surface area contributed by atoms with E-state index in [2.05, 4.69) is 4.72 Å². The quantitative estimate of drug-likeness (QED) is 0.873. The summed E-state index contributed by atoms with van der Waals surface area (Å²) in [5.41, 5.74) is 0.397. The molecule has 1 N–H and O–H groups in total. The zero-order valence-electron chi connectivity index (χ0n) is 9.88. The van der Waals surface area contributed by atoms with E-state index in [-0.39, 0.29) is 22.8 Å². The summed E-state index contributed by atoms with van der Waals surface area (Å²) in [7, 11) is -3.50. The first-order chi connectivity index (χ1) is 8.89. The van der Waals surface area contributed by atoms with Crippen LogP contribution < -0.4 is 4.72 Å². The number of hydrogen-bond donors (Lipinski definition) is 1.